The predicted molar refractivity (Wildman–Crippen MR) is 160 cm³/mol. The minimum atomic E-state index is -1.33. The Morgan fingerprint density at radius 1 is 1.14 bits per heavy atom. The van der Waals surface area contributed by atoms with Crippen LogP contribution in [0.1, 0.15) is 59.1 Å². The van der Waals surface area contributed by atoms with E-state index in [1.165, 1.54) is 9.58 Å². The molecule has 0 bridgehead atoms. The molecule has 1 aliphatic heterocycles. The van der Waals surface area contributed by atoms with E-state index in [9.17, 15) is 18.8 Å². The van der Waals surface area contributed by atoms with Gasteiger partial charge in [-0.25, -0.2) is 4.39 Å². The van der Waals surface area contributed by atoms with Crippen molar-refractivity contribution in [3.63, 3.8) is 0 Å². The molecule has 0 spiro atoms. The molecular formula is C32H33FN8O3. The van der Waals surface area contributed by atoms with Gasteiger partial charge in [-0.3, -0.25) is 19.1 Å². The maximum absolute atomic E-state index is 14.8. The molecule has 4 aromatic rings. The van der Waals surface area contributed by atoms with Crippen LogP contribution < -0.4 is 11.1 Å². The van der Waals surface area contributed by atoms with Gasteiger partial charge in [-0.05, 0) is 60.1 Å². The van der Waals surface area contributed by atoms with E-state index in [-0.39, 0.29) is 31.1 Å². The van der Waals surface area contributed by atoms with Gasteiger partial charge >= 0.3 is 0 Å². The molecule has 3 aliphatic rings. The summed E-state index contributed by atoms with van der Waals surface area (Å²) in [5, 5.41) is 16.5. The largest absolute Gasteiger partial charge is 0.364 e. The van der Waals surface area contributed by atoms with Crippen LogP contribution >= 0.6 is 0 Å². The Morgan fingerprint density at radius 3 is 2.68 bits per heavy atom. The number of carbonyl (C=O) groups is 3. The van der Waals surface area contributed by atoms with Crippen LogP contribution in [0.15, 0.2) is 55.0 Å². The maximum atomic E-state index is 14.8. The van der Waals surface area contributed by atoms with Crippen molar-refractivity contribution in [2.24, 2.45) is 12.8 Å². The number of nitrogens with one attached hydrogen (secondary N) is 1. The van der Waals surface area contributed by atoms with E-state index in [0.717, 1.165) is 34.9 Å². The summed E-state index contributed by atoms with van der Waals surface area (Å²) in [6.07, 6.45) is 9.61. The van der Waals surface area contributed by atoms with E-state index in [4.69, 9.17) is 5.73 Å². The van der Waals surface area contributed by atoms with Gasteiger partial charge in [-0.1, -0.05) is 25.1 Å². The summed E-state index contributed by atoms with van der Waals surface area (Å²) in [6.45, 7) is 1.56. The third-order valence-corrected chi connectivity index (χ3v) is 9.44. The molecule has 1 aromatic carbocycles. The third kappa shape index (κ3) is 4.65. The van der Waals surface area contributed by atoms with Gasteiger partial charge in [0.2, 0.25) is 11.8 Å². The van der Waals surface area contributed by atoms with E-state index in [2.05, 4.69) is 26.7 Å². The van der Waals surface area contributed by atoms with Gasteiger partial charge in [0, 0.05) is 42.4 Å². The molecular weight excluding hydrogens is 563 g/mol. The normalized spacial score (nSPS) is 23.5. The lowest BCUT2D eigenvalue weighted by Gasteiger charge is -2.29. The molecule has 1 saturated carbocycles. The summed E-state index contributed by atoms with van der Waals surface area (Å²) in [7, 11) is 1.98. The highest BCUT2D eigenvalue weighted by Crippen LogP contribution is 2.46. The van der Waals surface area contributed by atoms with Crippen molar-refractivity contribution in [2.45, 2.75) is 62.3 Å². The van der Waals surface area contributed by atoms with Crippen LogP contribution in [-0.2, 0) is 40.6 Å². The zero-order chi connectivity index (χ0) is 30.8. The molecule has 44 heavy (non-hydrogen) atoms. The van der Waals surface area contributed by atoms with Crippen molar-refractivity contribution in [1.29, 1.82) is 0 Å². The quantitative estimate of drug-likeness (QED) is 0.336. The SMILES string of the molecule is Cn1ccc2ccc(C3(NC(=O)C4CC(F)CN4C(=O)Cn4nc(C(N)=O)c5c4C=CC(C)(c4ccnnc4)C5)CC3)cc21. The van der Waals surface area contributed by atoms with Crippen LogP contribution in [0.5, 0.6) is 0 Å². The topological polar surface area (TPSA) is 141 Å². The number of likely N-dealkylation sites (tertiary alicyclic amines) is 1. The molecule has 2 fully saturated rings. The molecule has 2 aliphatic carbocycles. The number of alkyl halides is 1. The number of hydrogen-bond acceptors (Lipinski definition) is 6. The molecule has 12 heteroatoms. The molecule has 3 unspecified atom stereocenters. The average Bonchev–Trinajstić information content (AvgIpc) is 3.34. The van der Waals surface area contributed by atoms with Gasteiger partial charge < -0.3 is 20.5 Å². The third-order valence-electron chi connectivity index (χ3n) is 9.44. The Morgan fingerprint density at radius 2 is 1.95 bits per heavy atom. The highest BCUT2D eigenvalue weighted by Gasteiger charge is 2.49. The number of nitrogens with zero attached hydrogens (tertiary/aromatic N) is 6. The molecule has 11 nitrogen and oxygen atoms in total. The van der Waals surface area contributed by atoms with E-state index in [0.29, 0.717) is 17.7 Å². The van der Waals surface area contributed by atoms with Gasteiger partial charge in [-0.2, -0.15) is 15.3 Å². The minimum Gasteiger partial charge on any atom is -0.364 e. The highest BCUT2D eigenvalue weighted by atomic mass is 19.1. The first-order valence-corrected chi connectivity index (χ1v) is 14.7. The number of benzene rings is 1. The number of primary amides is 1. The Hall–Kier alpha value is -4.87. The second-order valence-electron chi connectivity index (χ2n) is 12.5. The molecule has 3 aromatic heterocycles. The molecule has 3 atom stereocenters. The smallest absolute Gasteiger partial charge is 0.269 e. The number of nitrogens with two attached hydrogens (primary N) is 1. The lowest BCUT2D eigenvalue weighted by molar-refractivity contribution is -0.139. The van der Waals surface area contributed by atoms with Crippen molar-refractivity contribution in [2.75, 3.05) is 6.54 Å². The van der Waals surface area contributed by atoms with Crippen molar-refractivity contribution in [1.82, 2.24) is 34.8 Å². The van der Waals surface area contributed by atoms with E-state index >= 15 is 0 Å². The lowest BCUT2D eigenvalue weighted by Crippen LogP contribution is -2.49. The zero-order valence-corrected chi connectivity index (χ0v) is 24.5. The van der Waals surface area contributed by atoms with E-state index in [1.807, 2.05) is 61.2 Å². The Balaban J connectivity index is 1.11. The molecule has 1 saturated heterocycles. The van der Waals surface area contributed by atoms with Crippen LogP contribution in [-0.4, -0.2) is 65.9 Å². The second-order valence-corrected chi connectivity index (χ2v) is 12.5. The number of halogens is 1. The number of allylic oxidation sites excluding steroid dienone is 1. The van der Waals surface area contributed by atoms with Gasteiger partial charge in [-0.15, -0.1) is 0 Å². The number of rotatable bonds is 7. The van der Waals surface area contributed by atoms with Crippen LogP contribution in [0.2, 0.25) is 0 Å². The summed E-state index contributed by atoms with van der Waals surface area (Å²) in [6, 6.07) is 9.09. The fraction of sp³-hybridized carbons (Fsp3) is 0.375. The van der Waals surface area contributed by atoms with Crippen LogP contribution in [0, 0.1) is 0 Å². The van der Waals surface area contributed by atoms with Crippen LogP contribution in [0.25, 0.3) is 17.0 Å². The summed E-state index contributed by atoms with van der Waals surface area (Å²) in [5.41, 5.74) is 8.92. The van der Waals surface area contributed by atoms with Gasteiger partial charge in [0.15, 0.2) is 5.69 Å². The summed E-state index contributed by atoms with van der Waals surface area (Å²) in [4.78, 5) is 41.0. The molecule has 3 amide bonds. The average molecular weight is 597 g/mol. The first-order chi connectivity index (χ1) is 21.1. The zero-order valence-electron chi connectivity index (χ0n) is 24.5. The van der Waals surface area contributed by atoms with Crippen molar-refractivity contribution in [3.8, 4) is 0 Å². The first-order valence-electron chi connectivity index (χ1n) is 14.7. The summed E-state index contributed by atoms with van der Waals surface area (Å²) < 4.78 is 18.2. The number of aromatic nitrogens is 5. The van der Waals surface area contributed by atoms with Crippen molar-refractivity contribution < 1.29 is 18.8 Å². The van der Waals surface area contributed by atoms with Gasteiger partial charge in [0.05, 0.1) is 24.0 Å². The maximum Gasteiger partial charge on any atom is 0.269 e. The van der Waals surface area contributed by atoms with Gasteiger partial charge in [0.1, 0.15) is 18.8 Å². The molecule has 226 valence electrons. The molecule has 7 rings (SSSR count). The Kier molecular flexibility index (Phi) is 6.41. The van der Waals surface area contributed by atoms with Crippen molar-refractivity contribution in [3.05, 3.63) is 83.1 Å². The summed E-state index contributed by atoms with van der Waals surface area (Å²) >= 11 is 0. The fourth-order valence-corrected chi connectivity index (χ4v) is 6.73. The van der Waals surface area contributed by atoms with Crippen LogP contribution in [0.3, 0.4) is 0 Å². The number of amides is 3. The standard InChI is InChI=1S/C32H33FN8O3/c1-31(21-6-11-35-36-16-21)8-5-24-23(15-31)28(29(34)43)38-41(24)18-27(42)40-17-22(33)14-26(40)30(44)37-32(9-10-32)20-4-3-19-7-12-39(2)25(19)13-20/h3-8,11-13,16,22,26H,9-10,14-15,17-18H2,1-2H3,(H2,34,43)(H,37,44). The number of fused-ring (bicyclic) bond motifs is 2. The monoisotopic (exact) mass is 596 g/mol. The first kappa shape index (κ1) is 27.9. The Bertz CT molecular complexity index is 1840. The van der Waals surface area contributed by atoms with Gasteiger partial charge in [0.25, 0.3) is 5.91 Å². The number of carbonyl (C=O) groups excluding carboxylic acids is 3. The fourth-order valence-electron chi connectivity index (χ4n) is 6.73. The summed E-state index contributed by atoms with van der Waals surface area (Å²) in [5.74, 6) is -1.53. The highest BCUT2D eigenvalue weighted by molar-refractivity contribution is 5.94. The molecule has 0 radical (unpaired) electrons. The second kappa shape index (κ2) is 10.1. The lowest BCUT2D eigenvalue weighted by atomic mass is 9.74. The minimum absolute atomic E-state index is 0.0769. The number of hydrogen-bond donors (Lipinski definition) is 2. The molecule has 3 N–H and O–H groups in total. The Labute approximate surface area is 252 Å². The molecule has 4 heterocycles. The van der Waals surface area contributed by atoms with Crippen LogP contribution in [0.4, 0.5) is 4.39 Å². The van der Waals surface area contributed by atoms with E-state index in [1.54, 1.807) is 12.4 Å². The van der Waals surface area contributed by atoms with Crippen molar-refractivity contribution >= 4 is 34.7 Å². The van der Waals surface area contributed by atoms with E-state index < -0.39 is 35.0 Å². The predicted octanol–water partition coefficient (Wildman–Crippen LogP) is 2.54. The number of aryl methyl sites for hydroxylation is 1.